The van der Waals surface area contributed by atoms with Crippen LogP contribution in [0, 0.1) is 0 Å². The molecule has 0 aromatic carbocycles. The predicted molar refractivity (Wildman–Crippen MR) is 63.3 cm³/mol. The van der Waals surface area contributed by atoms with Crippen LogP contribution in [0.5, 0.6) is 0 Å². The summed E-state index contributed by atoms with van der Waals surface area (Å²) < 4.78 is 32.4. The number of aliphatic imine (C=N–C) groups is 1. The van der Waals surface area contributed by atoms with Crippen molar-refractivity contribution in [2.24, 2.45) is 4.99 Å². The zero-order valence-corrected chi connectivity index (χ0v) is 11.8. The third-order valence-corrected chi connectivity index (χ3v) is 5.47. The van der Waals surface area contributed by atoms with E-state index < -0.39 is 31.0 Å². The van der Waals surface area contributed by atoms with E-state index >= 15 is 0 Å². The van der Waals surface area contributed by atoms with Crippen LogP contribution in [0.1, 0.15) is 13.8 Å². The molecule has 0 aromatic heterocycles. The fraction of sp³-hybridized carbons (Fsp3) is 0.875. The molecule has 0 spiro atoms. The highest BCUT2D eigenvalue weighted by Gasteiger charge is 2.55. The van der Waals surface area contributed by atoms with Crippen LogP contribution < -0.4 is 0 Å². The summed E-state index contributed by atoms with van der Waals surface area (Å²) in [4.78, 5) is 13.7. The highest BCUT2D eigenvalue weighted by Crippen LogP contribution is 2.34. The molecule has 0 radical (unpaired) electrons. The Labute approximate surface area is 101 Å². The summed E-state index contributed by atoms with van der Waals surface area (Å²) in [5, 5.41) is 9.22. The van der Waals surface area contributed by atoms with E-state index in [0.29, 0.717) is 5.55 Å². The number of aliphatic hydroxyl groups excluding tert-OH is 1. The number of hydrogen-bond donors (Lipinski definition) is 2. The molecule has 7 nitrogen and oxygen atoms in total. The average Bonchev–Trinajstić information content (AvgIpc) is 2.55. The Kier molecular flexibility index (Phi) is 4.11. The lowest BCUT2D eigenvalue weighted by Crippen LogP contribution is -2.44. The van der Waals surface area contributed by atoms with Crippen LogP contribution in [-0.4, -0.2) is 57.9 Å². The molecule has 1 heterocycles. The van der Waals surface area contributed by atoms with Gasteiger partial charge in [0.15, 0.2) is 15.6 Å². The molecule has 1 rings (SSSR count). The SMILES string of the molecule is CC(C)[Si]1(O)OCC(CO)(/N=C/S(C)(=O)=O)O1. The van der Waals surface area contributed by atoms with Gasteiger partial charge in [-0.1, -0.05) is 13.8 Å². The first-order valence-electron chi connectivity index (χ1n) is 5.05. The largest absolute Gasteiger partial charge is 0.503 e. The topological polar surface area (TPSA) is 105 Å². The van der Waals surface area contributed by atoms with Gasteiger partial charge >= 0.3 is 8.80 Å². The lowest BCUT2D eigenvalue weighted by atomic mass is 10.3. The molecule has 9 heteroatoms. The molecule has 1 aliphatic heterocycles. The monoisotopic (exact) mass is 283 g/mol. The van der Waals surface area contributed by atoms with Gasteiger partial charge in [-0.25, -0.2) is 13.4 Å². The quantitative estimate of drug-likeness (QED) is 0.395. The van der Waals surface area contributed by atoms with E-state index in [1.807, 2.05) is 0 Å². The number of hydrogen-bond acceptors (Lipinski definition) is 7. The second-order valence-corrected chi connectivity index (χ2v) is 9.12. The Morgan fingerprint density at radius 1 is 1.59 bits per heavy atom. The normalized spacial score (nSPS) is 34.9. The molecular formula is C8H17NO6SSi. The van der Waals surface area contributed by atoms with Gasteiger partial charge in [0.2, 0.25) is 0 Å². The standard InChI is InChI=1S/C8H17NO6SSi/c1-7(2)17(13)14-5-8(4-10,15-17)9-6-16(3,11)12/h6-7,10,13H,4-5H2,1-3H3/b9-6+. The molecular weight excluding hydrogens is 266 g/mol. The molecule has 0 amide bonds. The van der Waals surface area contributed by atoms with E-state index in [1.165, 1.54) is 0 Å². The summed E-state index contributed by atoms with van der Waals surface area (Å²) >= 11 is 0. The zero-order chi connectivity index (χ0) is 13.3. The number of sulfone groups is 1. The molecule has 0 aromatic rings. The van der Waals surface area contributed by atoms with Crippen molar-refractivity contribution >= 4 is 24.2 Å². The van der Waals surface area contributed by atoms with Gasteiger partial charge in [0, 0.05) is 11.8 Å². The Morgan fingerprint density at radius 2 is 2.18 bits per heavy atom. The Hall–Kier alpha value is -0.323. The molecule has 2 unspecified atom stereocenters. The van der Waals surface area contributed by atoms with Crippen molar-refractivity contribution in [3.8, 4) is 0 Å². The number of rotatable bonds is 4. The van der Waals surface area contributed by atoms with Crippen LogP contribution in [0.25, 0.3) is 0 Å². The van der Waals surface area contributed by atoms with Gasteiger partial charge in [-0.05, 0) is 0 Å². The van der Waals surface area contributed by atoms with Crippen molar-refractivity contribution in [2.45, 2.75) is 25.1 Å². The minimum atomic E-state index is -3.42. The highest BCUT2D eigenvalue weighted by molar-refractivity contribution is 8.03. The fourth-order valence-electron chi connectivity index (χ4n) is 1.21. The van der Waals surface area contributed by atoms with Crippen LogP contribution in [0.4, 0.5) is 0 Å². The minimum absolute atomic E-state index is 0.156. The van der Waals surface area contributed by atoms with E-state index in [9.17, 15) is 18.3 Å². The minimum Gasteiger partial charge on any atom is -0.391 e. The second-order valence-electron chi connectivity index (χ2n) is 4.34. The van der Waals surface area contributed by atoms with E-state index in [2.05, 4.69) is 4.99 Å². The molecule has 0 saturated carbocycles. The van der Waals surface area contributed by atoms with Gasteiger partial charge in [-0.3, -0.25) is 0 Å². The summed E-state index contributed by atoms with van der Waals surface area (Å²) in [5.41, 5.74) is -1.05. The Balaban J connectivity index is 2.92. The van der Waals surface area contributed by atoms with Gasteiger partial charge < -0.3 is 18.8 Å². The summed E-state index contributed by atoms with van der Waals surface area (Å²) in [7, 11) is -6.81. The van der Waals surface area contributed by atoms with Crippen LogP contribution in [0.3, 0.4) is 0 Å². The first-order chi connectivity index (χ1) is 7.63. The predicted octanol–water partition coefficient (Wildman–Crippen LogP) is -0.864. The van der Waals surface area contributed by atoms with Crippen molar-refractivity contribution in [1.29, 1.82) is 0 Å². The smallest absolute Gasteiger partial charge is 0.391 e. The Bertz CT molecular complexity index is 410. The summed E-state index contributed by atoms with van der Waals surface area (Å²) in [5.74, 6) is 0. The summed E-state index contributed by atoms with van der Waals surface area (Å²) in [6, 6.07) is 0. The third-order valence-electron chi connectivity index (χ3n) is 2.30. The third kappa shape index (κ3) is 3.57. The molecule has 1 fully saturated rings. The van der Waals surface area contributed by atoms with Crippen molar-refractivity contribution < 1.29 is 27.2 Å². The summed E-state index contributed by atoms with van der Waals surface area (Å²) in [6.07, 6.45) is 0.976. The molecule has 100 valence electrons. The second kappa shape index (κ2) is 4.75. The lowest BCUT2D eigenvalue weighted by Gasteiger charge is -2.24. The molecule has 2 N–H and O–H groups in total. The van der Waals surface area contributed by atoms with Gasteiger partial charge in [-0.2, -0.15) is 0 Å². The van der Waals surface area contributed by atoms with E-state index in [0.717, 1.165) is 6.26 Å². The van der Waals surface area contributed by atoms with E-state index in [-0.39, 0.29) is 12.1 Å². The highest BCUT2D eigenvalue weighted by atomic mass is 32.2. The number of aliphatic hydroxyl groups is 1. The van der Waals surface area contributed by atoms with Gasteiger partial charge in [-0.15, -0.1) is 0 Å². The lowest BCUT2D eigenvalue weighted by molar-refractivity contribution is 0.0210. The molecule has 1 aliphatic rings. The first-order valence-corrected chi connectivity index (χ1v) is 8.85. The molecule has 2 atom stereocenters. The van der Waals surface area contributed by atoms with Gasteiger partial charge in [0.25, 0.3) is 0 Å². The van der Waals surface area contributed by atoms with Crippen LogP contribution in [0.2, 0.25) is 5.54 Å². The maximum Gasteiger partial charge on any atom is 0.503 e. The van der Waals surface area contributed by atoms with Crippen LogP contribution >= 0.6 is 0 Å². The van der Waals surface area contributed by atoms with Crippen molar-refractivity contribution in [1.82, 2.24) is 0 Å². The van der Waals surface area contributed by atoms with Crippen LogP contribution in [-0.2, 0) is 18.7 Å². The first kappa shape index (κ1) is 14.7. The van der Waals surface area contributed by atoms with Crippen LogP contribution in [0.15, 0.2) is 4.99 Å². The van der Waals surface area contributed by atoms with Crippen molar-refractivity contribution in [3.05, 3.63) is 0 Å². The molecule has 0 aliphatic carbocycles. The van der Waals surface area contributed by atoms with E-state index in [1.54, 1.807) is 13.8 Å². The van der Waals surface area contributed by atoms with Crippen molar-refractivity contribution in [2.75, 3.05) is 19.5 Å². The molecule has 1 saturated heterocycles. The molecule has 17 heavy (non-hydrogen) atoms. The average molecular weight is 283 g/mol. The molecule has 0 bridgehead atoms. The maximum atomic E-state index is 11.0. The maximum absolute atomic E-state index is 11.0. The summed E-state index contributed by atoms with van der Waals surface area (Å²) in [6.45, 7) is 2.73. The van der Waals surface area contributed by atoms with Gasteiger partial charge in [0.05, 0.1) is 13.2 Å². The zero-order valence-electron chi connectivity index (χ0n) is 9.95. The Morgan fingerprint density at radius 3 is 2.53 bits per heavy atom. The fourth-order valence-corrected chi connectivity index (χ4v) is 3.37. The van der Waals surface area contributed by atoms with Gasteiger partial charge in [0.1, 0.15) is 5.55 Å². The van der Waals surface area contributed by atoms with Crippen molar-refractivity contribution in [3.63, 3.8) is 0 Å². The number of nitrogens with zero attached hydrogens (tertiary/aromatic N) is 1. The van der Waals surface area contributed by atoms with E-state index in [4.69, 9.17) is 8.85 Å².